The van der Waals surface area contributed by atoms with Gasteiger partial charge in [0.1, 0.15) is 5.75 Å². The minimum absolute atomic E-state index is 0.0339. The third-order valence-corrected chi connectivity index (χ3v) is 3.95. The molecule has 0 saturated carbocycles. The maximum Gasteiger partial charge on any atom is 0.119 e. The Morgan fingerprint density at radius 1 is 1.15 bits per heavy atom. The zero-order valence-corrected chi connectivity index (χ0v) is 13.5. The van der Waals surface area contributed by atoms with Gasteiger partial charge in [0.2, 0.25) is 0 Å². The van der Waals surface area contributed by atoms with Crippen LogP contribution in [0.2, 0.25) is 0 Å². The second kappa shape index (κ2) is 6.29. The molecule has 1 atom stereocenters. The molecule has 0 saturated heterocycles. The van der Waals surface area contributed by atoms with Gasteiger partial charge in [0, 0.05) is 23.2 Å². The van der Waals surface area contributed by atoms with Crippen molar-refractivity contribution in [3.63, 3.8) is 0 Å². The predicted molar refractivity (Wildman–Crippen MR) is 87.8 cm³/mol. The number of methoxy groups -OCH3 is 1. The number of nitrogens with zero attached hydrogens (tertiary/aromatic N) is 1. The molecular formula is C16H19BrN2O. The highest BCUT2D eigenvalue weighted by molar-refractivity contribution is 9.10. The van der Waals surface area contributed by atoms with Gasteiger partial charge in [-0.05, 0) is 64.8 Å². The van der Waals surface area contributed by atoms with Crippen LogP contribution >= 0.6 is 15.9 Å². The van der Waals surface area contributed by atoms with E-state index in [4.69, 9.17) is 10.5 Å². The lowest BCUT2D eigenvalue weighted by molar-refractivity contribution is 0.415. The predicted octanol–water partition coefficient (Wildman–Crippen LogP) is 4.25. The normalized spacial score (nSPS) is 12.1. The average molecular weight is 335 g/mol. The molecule has 0 fully saturated rings. The second-order valence-electron chi connectivity index (χ2n) is 4.76. The van der Waals surface area contributed by atoms with Crippen molar-refractivity contribution >= 4 is 27.3 Å². The zero-order valence-electron chi connectivity index (χ0n) is 11.9. The molecule has 2 N–H and O–H groups in total. The SMILES string of the molecule is COc1ccc(N(C)c2ccc(C(C)N)cc2Br)cc1. The number of benzene rings is 2. The molecule has 0 spiro atoms. The highest BCUT2D eigenvalue weighted by Crippen LogP contribution is 2.33. The van der Waals surface area contributed by atoms with Crippen LogP contribution in [0.5, 0.6) is 5.75 Å². The second-order valence-corrected chi connectivity index (χ2v) is 5.61. The Hall–Kier alpha value is -1.52. The highest BCUT2D eigenvalue weighted by atomic mass is 79.9. The first-order chi connectivity index (χ1) is 9.52. The summed E-state index contributed by atoms with van der Waals surface area (Å²) in [6.45, 7) is 1.98. The van der Waals surface area contributed by atoms with Crippen LogP contribution in [0, 0.1) is 0 Å². The number of ether oxygens (including phenoxy) is 1. The van der Waals surface area contributed by atoms with Crippen molar-refractivity contribution in [3.05, 3.63) is 52.5 Å². The Morgan fingerprint density at radius 3 is 2.30 bits per heavy atom. The van der Waals surface area contributed by atoms with Crippen molar-refractivity contribution in [1.29, 1.82) is 0 Å². The van der Waals surface area contributed by atoms with Crippen LogP contribution in [0.3, 0.4) is 0 Å². The topological polar surface area (TPSA) is 38.5 Å². The summed E-state index contributed by atoms with van der Waals surface area (Å²) in [6, 6.07) is 14.2. The van der Waals surface area contributed by atoms with Crippen molar-refractivity contribution in [1.82, 2.24) is 0 Å². The fourth-order valence-electron chi connectivity index (χ4n) is 2.02. The van der Waals surface area contributed by atoms with E-state index < -0.39 is 0 Å². The van der Waals surface area contributed by atoms with Gasteiger partial charge in [-0.2, -0.15) is 0 Å². The standard InChI is InChI=1S/C16H19BrN2O/c1-11(18)12-4-9-16(15(17)10-12)19(2)13-5-7-14(20-3)8-6-13/h4-11H,18H2,1-3H3. The van der Waals surface area contributed by atoms with Gasteiger partial charge in [-0.3, -0.25) is 0 Å². The van der Waals surface area contributed by atoms with Gasteiger partial charge < -0.3 is 15.4 Å². The Morgan fingerprint density at radius 2 is 1.80 bits per heavy atom. The zero-order chi connectivity index (χ0) is 14.7. The maximum absolute atomic E-state index is 5.90. The quantitative estimate of drug-likeness (QED) is 0.908. The van der Waals surface area contributed by atoms with E-state index in [1.54, 1.807) is 7.11 Å². The Labute approximate surface area is 128 Å². The summed E-state index contributed by atoms with van der Waals surface area (Å²) >= 11 is 3.62. The van der Waals surface area contributed by atoms with Crippen molar-refractivity contribution < 1.29 is 4.74 Å². The molecule has 0 amide bonds. The summed E-state index contributed by atoms with van der Waals surface area (Å²) < 4.78 is 6.21. The van der Waals surface area contributed by atoms with Gasteiger partial charge in [0.15, 0.2) is 0 Å². The van der Waals surface area contributed by atoms with Crippen molar-refractivity contribution in [2.24, 2.45) is 5.73 Å². The molecule has 0 radical (unpaired) electrons. The Kier molecular flexibility index (Phi) is 4.68. The molecular weight excluding hydrogens is 316 g/mol. The molecule has 3 nitrogen and oxygen atoms in total. The number of nitrogens with two attached hydrogens (primary N) is 1. The fraction of sp³-hybridized carbons (Fsp3) is 0.250. The fourth-order valence-corrected chi connectivity index (χ4v) is 2.69. The molecule has 2 aromatic carbocycles. The minimum atomic E-state index is 0.0339. The van der Waals surface area contributed by atoms with Gasteiger partial charge in [-0.1, -0.05) is 6.07 Å². The van der Waals surface area contributed by atoms with Gasteiger partial charge >= 0.3 is 0 Å². The lowest BCUT2D eigenvalue weighted by atomic mass is 10.1. The molecule has 0 heterocycles. The largest absolute Gasteiger partial charge is 0.497 e. The van der Waals surface area contributed by atoms with Gasteiger partial charge in [0.25, 0.3) is 0 Å². The van der Waals surface area contributed by atoms with Crippen LogP contribution in [0.25, 0.3) is 0 Å². The molecule has 2 rings (SSSR count). The lowest BCUT2D eigenvalue weighted by Crippen LogP contribution is -2.11. The first kappa shape index (κ1) is 14.9. The number of rotatable bonds is 4. The first-order valence-corrected chi connectivity index (χ1v) is 7.25. The van der Waals surface area contributed by atoms with Crippen LogP contribution in [-0.4, -0.2) is 14.2 Å². The molecule has 0 bridgehead atoms. The van der Waals surface area contributed by atoms with E-state index in [0.29, 0.717) is 0 Å². The monoisotopic (exact) mass is 334 g/mol. The third kappa shape index (κ3) is 3.14. The third-order valence-electron chi connectivity index (χ3n) is 3.32. The van der Waals surface area contributed by atoms with Gasteiger partial charge in [-0.15, -0.1) is 0 Å². The highest BCUT2D eigenvalue weighted by Gasteiger charge is 2.10. The van der Waals surface area contributed by atoms with Crippen LogP contribution in [0.4, 0.5) is 11.4 Å². The van der Waals surface area contributed by atoms with Crippen molar-refractivity contribution in [3.8, 4) is 5.75 Å². The minimum Gasteiger partial charge on any atom is -0.497 e. The van der Waals surface area contributed by atoms with E-state index in [1.807, 2.05) is 38.2 Å². The lowest BCUT2D eigenvalue weighted by Gasteiger charge is -2.22. The smallest absolute Gasteiger partial charge is 0.119 e. The number of hydrogen-bond donors (Lipinski definition) is 1. The van der Waals surface area contributed by atoms with Crippen LogP contribution < -0.4 is 15.4 Å². The van der Waals surface area contributed by atoms with E-state index in [2.05, 4.69) is 39.0 Å². The van der Waals surface area contributed by atoms with Gasteiger partial charge in [-0.25, -0.2) is 0 Å². The van der Waals surface area contributed by atoms with Crippen LogP contribution in [-0.2, 0) is 0 Å². The van der Waals surface area contributed by atoms with Crippen LogP contribution in [0.15, 0.2) is 46.9 Å². The summed E-state index contributed by atoms with van der Waals surface area (Å²) in [5.74, 6) is 0.855. The summed E-state index contributed by atoms with van der Waals surface area (Å²) in [7, 11) is 3.70. The van der Waals surface area contributed by atoms with E-state index in [0.717, 1.165) is 27.2 Å². The first-order valence-electron chi connectivity index (χ1n) is 6.45. The van der Waals surface area contributed by atoms with E-state index >= 15 is 0 Å². The van der Waals surface area contributed by atoms with E-state index in [-0.39, 0.29) is 6.04 Å². The summed E-state index contributed by atoms with van der Waals surface area (Å²) in [6.07, 6.45) is 0. The van der Waals surface area contributed by atoms with E-state index in [1.165, 1.54) is 0 Å². The summed E-state index contributed by atoms with van der Waals surface area (Å²) in [5.41, 5.74) is 9.21. The molecule has 4 heteroatoms. The molecule has 1 unspecified atom stereocenters. The molecule has 20 heavy (non-hydrogen) atoms. The average Bonchev–Trinajstić information content (AvgIpc) is 2.46. The van der Waals surface area contributed by atoms with E-state index in [9.17, 15) is 0 Å². The number of hydrogen-bond acceptors (Lipinski definition) is 3. The molecule has 2 aromatic rings. The van der Waals surface area contributed by atoms with Gasteiger partial charge in [0.05, 0.1) is 12.8 Å². The number of halogens is 1. The van der Waals surface area contributed by atoms with Crippen molar-refractivity contribution in [2.75, 3.05) is 19.1 Å². The van der Waals surface area contributed by atoms with Crippen molar-refractivity contribution in [2.45, 2.75) is 13.0 Å². The molecule has 0 aliphatic rings. The molecule has 0 aliphatic carbocycles. The number of anilines is 2. The maximum atomic E-state index is 5.90. The summed E-state index contributed by atoms with van der Waals surface area (Å²) in [4.78, 5) is 2.12. The summed E-state index contributed by atoms with van der Waals surface area (Å²) in [5, 5.41) is 0. The Bertz CT molecular complexity index is 582. The Balaban J connectivity index is 2.30. The molecule has 0 aliphatic heterocycles. The molecule has 106 valence electrons. The van der Waals surface area contributed by atoms with Crippen LogP contribution in [0.1, 0.15) is 18.5 Å². The molecule has 0 aromatic heterocycles.